The van der Waals surface area contributed by atoms with Crippen molar-refractivity contribution in [3.8, 4) is 0 Å². The van der Waals surface area contributed by atoms with E-state index in [4.69, 9.17) is 10.2 Å². The van der Waals surface area contributed by atoms with Crippen molar-refractivity contribution in [3.05, 3.63) is 48.0 Å². The number of aromatic carboxylic acids is 1. The number of furan rings is 1. The summed E-state index contributed by atoms with van der Waals surface area (Å²) >= 11 is 1.29. The third kappa shape index (κ3) is 2.55. The van der Waals surface area contributed by atoms with E-state index >= 15 is 0 Å². The fourth-order valence-corrected chi connectivity index (χ4v) is 2.82. The molecule has 0 fully saturated rings. The quantitative estimate of drug-likeness (QED) is 0.714. The van der Waals surface area contributed by atoms with Crippen LogP contribution < -0.4 is 5.73 Å². The molecule has 106 valence electrons. The number of carbonyl (C=O) groups is 1. The lowest BCUT2D eigenvalue weighted by atomic mass is 10.1. The lowest BCUT2D eigenvalue weighted by molar-refractivity contribution is 0.0697. The van der Waals surface area contributed by atoms with E-state index in [1.165, 1.54) is 24.2 Å². The molecule has 3 aromatic rings. The van der Waals surface area contributed by atoms with Gasteiger partial charge in [0.15, 0.2) is 5.82 Å². The minimum absolute atomic E-state index is 0.181. The second-order valence-electron chi connectivity index (χ2n) is 4.24. The van der Waals surface area contributed by atoms with Crippen LogP contribution in [0.15, 0.2) is 46.1 Å². The van der Waals surface area contributed by atoms with Crippen LogP contribution in [0.5, 0.6) is 0 Å². The highest BCUT2D eigenvalue weighted by atomic mass is 32.2. The topological polar surface area (TPSA) is 102 Å². The SMILES string of the molecule is Nc1nccnc1SCc1oc2ccccc2c1C(=O)O. The van der Waals surface area contributed by atoms with Crippen LogP contribution in [0.1, 0.15) is 16.1 Å². The number of fused-ring (bicyclic) bond motifs is 1. The largest absolute Gasteiger partial charge is 0.478 e. The van der Waals surface area contributed by atoms with Crippen molar-refractivity contribution in [2.24, 2.45) is 0 Å². The van der Waals surface area contributed by atoms with Gasteiger partial charge in [0.05, 0.1) is 5.75 Å². The molecule has 0 saturated carbocycles. The van der Waals surface area contributed by atoms with Crippen LogP contribution in [0.3, 0.4) is 0 Å². The van der Waals surface area contributed by atoms with Crippen LogP contribution in [0.25, 0.3) is 11.0 Å². The van der Waals surface area contributed by atoms with Gasteiger partial charge >= 0.3 is 5.97 Å². The van der Waals surface area contributed by atoms with Crippen molar-refractivity contribution >= 4 is 34.5 Å². The third-order valence-corrected chi connectivity index (χ3v) is 3.91. The maximum Gasteiger partial charge on any atom is 0.339 e. The summed E-state index contributed by atoms with van der Waals surface area (Å²) in [6, 6.07) is 7.05. The smallest absolute Gasteiger partial charge is 0.339 e. The molecular formula is C14H11N3O3S. The van der Waals surface area contributed by atoms with Crippen LogP contribution in [0.2, 0.25) is 0 Å². The number of nitrogens with zero attached hydrogens (tertiary/aromatic N) is 2. The summed E-state index contributed by atoms with van der Waals surface area (Å²) in [5, 5.41) is 10.5. The number of thioether (sulfide) groups is 1. The maximum atomic E-state index is 11.5. The van der Waals surface area contributed by atoms with E-state index in [9.17, 15) is 9.90 Å². The second kappa shape index (κ2) is 5.45. The predicted molar refractivity (Wildman–Crippen MR) is 79.2 cm³/mol. The molecule has 0 saturated heterocycles. The third-order valence-electron chi connectivity index (χ3n) is 2.91. The summed E-state index contributed by atoms with van der Waals surface area (Å²) < 4.78 is 5.63. The zero-order chi connectivity index (χ0) is 14.8. The lowest BCUT2D eigenvalue weighted by Crippen LogP contribution is -1.99. The summed E-state index contributed by atoms with van der Waals surface area (Å²) in [5.74, 6) is 0.0102. The average Bonchev–Trinajstić information content (AvgIpc) is 2.85. The number of hydrogen-bond acceptors (Lipinski definition) is 6. The molecule has 0 unspecified atom stereocenters. The first-order valence-corrected chi connectivity index (χ1v) is 7.08. The summed E-state index contributed by atoms with van der Waals surface area (Å²) in [5.41, 5.74) is 6.45. The van der Waals surface area contributed by atoms with E-state index < -0.39 is 5.97 Å². The zero-order valence-corrected chi connectivity index (χ0v) is 11.6. The fraction of sp³-hybridized carbons (Fsp3) is 0.0714. The number of aromatic nitrogens is 2. The Hall–Kier alpha value is -2.54. The molecule has 21 heavy (non-hydrogen) atoms. The van der Waals surface area contributed by atoms with Crippen LogP contribution in [0, 0.1) is 0 Å². The Morgan fingerprint density at radius 3 is 2.81 bits per heavy atom. The first-order chi connectivity index (χ1) is 10.2. The highest BCUT2D eigenvalue weighted by Gasteiger charge is 2.20. The number of carboxylic acid groups (broad SMARTS) is 1. The minimum atomic E-state index is -1.01. The average molecular weight is 301 g/mol. The normalized spacial score (nSPS) is 10.9. The standard InChI is InChI=1S/C14H11N3O3S/c15-12-13(17-6-5-16-12)21-7-10-11(14(18)19)8-3-1-2-4-9(8)20-10/h1-6H,7H2,(H2,15,16)(H,18,19). The maximum absolute atomic E-state index is 11.5. The molecule has 0 radical (unpaired) electrons. The van der Waals surface area contributed by atoms with Crippen LogP contribution in [0.4, 0.5) is 5.82 Å². The van der Waals surface area contributed by atoms with Crippen LogP contribution in [-0.4, -0.2) is 21.0 Å². The molecular weight excluding hydrogens is 290 g/mol. The van der Waals surface area contributed by atoms with Gasteiger partial charge in [-0.2, -0.15) is 0 Å². The molecule has 0 aliphatic rings. The van der Waals surface area contributed by atoms with Gasteiger partial charge in [-0.1, -0.05) is 30.0 Å². The molecule has 2 aromatic heterocycles. The highest BCUT2D eigenvalue weighted by Crippen LogP contribution is 2.31. The van der Waals surface area contributed by atoms with Crippen molar-refractivity contribution in [2.45, 2.75) is 10.8 Å². The summed E-state index contributed by atoms with van der Waals surface area (Å²) in [4.78, 5) is 19.5. The molecule has 0 amide bonds. The number of nitrogens with two attached hydrogens (primary N) is 1. The molecule has 3 rings (SSSR count). The number of nitrogen functional groups attached to an aromatic ring is 1. The molecule has 6 nitrogen and oxygen atoms in total. The van der Waals surface area contributed by atoms with Gasteiger partial charge in [0.1, 0.15) is 21.9 Å². The van der Waals surface area contributed by atoms with Gasteiger partial charge < -0.3 is 15.3 Å². The summed E-state index contributed by atoms with van der Waals surface area (Å²) in [6.45, 7) is 0. The number of para-hydroxylation sites is 1. The van der Waals surface area contributed by atoms with Gasteiger partial charge in [0, 0.05) is 17.8 Å². The van der Waals surface area contributed by atoms with Crippen molar-refractivity contribution < 1.29 is 14.3 Å². The van der Waals surface area contributed by atoms with E-state index in [0.717, 1.165) is 0 Å². The molecule has 1 aromatic carbocycles. The number of benzene rings is 1. The van der Waals surface area contributed by atoms with Gasteiger partial charge in [-0.25, -0.2) is 14.8 Å². The Balaban J connectivity index is 1.95. The van der Waals surface area contributed by atoms with Crippen LogP contribution >= 0.6 is 11.8 Å². The molecule has 0 atom stereocenters. The van der Waals surface area contributed by atoms with Crippen molar-refractivity contribution in [1.29, 1.82) is 0 Å². The minimum Gasteiger partial charge on any atom is -0.478 e. The Morgan fingerprint density at radius 1 is 1.29 bits per heavy atom. The molecule has 0 spiro atoms. The highest BCUT2D eigenvalue weighted by molar-refractivity contribution is 7.98. The van der Waals surface area contributed by atoms with E-state index in [1.807, 2.05) is 0 Å². The van der Waals surface area contributed by atoms with E-state index in [2.05, 4.69) is 9.97 Å². The lowest BCUT2D eigenvalue weighted by Gasteiger charge is -2.02. The number of carboxylic acids is 1. The first-order valence-electron chi connectivity index (χ1n) is 6.10. The van der Waals surface area contributed by atoms with E-state index in [1.54, 1.807) is 24.3 Å². The van der Waals surface area contributed by atoms with Crippen LogP contribution in [-0.2, 0) is 5.75 Å². The Morgan fingerprint density at radius 2 is 2.05 bits per heavy atom. The molecule has 0 bridgehead atoms. The van der Waals surface area contributed by atoms with Gasteiger partial charge in [-0.05, 0) is 6.07 Å². The Labute approximate surface area is 124 Å². The zero-order valence-electron chi connectivity index (χ0n) is 10.8. The summed E-state index contributed by atoms with van der Waals surface area (Å²) in [7, 11) is 0. The van der Waals surface area contributed by atoms with E-state index in [-0.39, 0.29) is 5.56 Å². The fourth-order valence-electron chi connectivity index (χ4n) is 2.01. The number of anilines is 1. The predicted octanol–water partition coefficient (Wildman–Crippen LogP) is 2.80. The Kier molecular flexibility index (Phi) is 3.49. The molecule has 3 N–H and O–H groups in total. The van der Waals surface area contributed by atoms with Crippen molar-refractivity contribution in [3.63, 3.8) is 0 Å². The van der Waals surface area contributed by atoms with Gasteiger partial charge in [-0.3, -0.25) is 0 Å². The summed E-state index contributed by atoms with van der Waals surface area (Å²) in [6.07, 6.45) is 3.04. The Bertz CT molecular complexity index is 816. The molecule has 7 heteroatoms. The van der Waals surface area contributed by atoms with Gasteiger partial charge in [0.2, 0.25) is 0 Å². The molecule has 0 aliphatic heterocycles. The molecule has 2 heterocycles. The van der Waals surface area contributed by atoms with E-state index in [0.29, 0.717) is 33.3 Å². The number of hydrogen-bond donors (Lipinski definition) is 2. The van der Waals surface area contributed by atoms with Crippen molar-refractivity contribution in [1.82, 2.24) is 9.97 Å². The van der Waals surface area contributed by atoms with Gasteiger partial charge in [0.25, 0.3) is 0 Å². The molecule has 0 aliphatic carbocycles. The first kappa shape index (κ1) is 13.4. The van der Waals surface area contributed by atoms with Crippen molar-refractivity contribution in [2.75, 3.05) is 5.73 Å². The number of rotatable bonds is 4. The monoisotopic (exact) mass is 301 g/mol. The second-order valence-corrected chi connectivity index (χ2v) is 5.20. The van der Waals surface area contributed by atoms with Gasteiger partial charge in [-0.15, -0.1) is 0 Å².